The fourth-order valence-corrected chi connectivity index (χ4v) is 8.35. The highest BCUT2D eigenvalue weighted by Crippen LogP contribution is 2.34. The fourth-order valence-electron chi connectivity index (χ4n) is 7.35. The zero-order valence-electron chi connectivity index (χ0n) is 30.3. The number of rotatable bonds is 17. The van der Waals surface area contributed by atoms with Crippen molar-refractivity contribution < 1.29 is 39.5 Å². The molecule has 2 fully saturated rings. The van der Waals surface area contributed by atoms with E-state index in [0.717, 1.165) is 75.3 Å². The Bertz CT molecular complexity index is 1400. The number of hydrogen-bond acceptors (Lipinski definition) is 12. The maximum atomic E-state index is 13.0. The second kappa shape index (κ2) is 19.3. The number of nitrogen functional groups attached to an aromatic ring is 2. The van der Waals surface area contributed by atoms with E-state index < -0.39 is 49.6 Å². The Morgan fingerprint density at radius 3 is 1.35 bits per heavy atom. The minimum absolute atomic E-state index is 0.0261. The van der Waals surface area contributed by atoms with Gasteiger partial charge in [-0.2, -0.15) is 0 Å². The molecule has 0 aromatic heterocycles. The van der Waals surface area contributed by atoms with Crippen LogP contribution in [0, 0.1) is 0 Å². The maximum Gasteiger partial charge on any atom is 0.338 e. The van der Waals surface area contributed by atoms with E-state index in [9.17, 15) is 30.0 Å². The van der Waals surface area contributed by atoms with Gasteiger partial charge in [0.1, 0.15) is 37.6 Å². The van der Waals surface area contributed by atoms with E-state index in [4.69, 9.17) is 20.9 Å². The van der Waals surface area contributed by atoms with Gasteiger partial charge >= 0.3 is 11.9 Å². The number of aliphatic hydroxyl groups is 4. The first kappa shape index (κ1) is 42.4. The first-order valence-electron chi connectivity index (χ1n) is 18.5. The van der Waals surface area contributed by atoms with E-state index in [1.54, 1.807) is 12.1 Å². The molecule has 0 bridgehead atoms. The summed E-state index contributed by atoms with van der Waals surface area (Å²) in [6.07, 6.45) is 6.04. The van der Waals surface area contributed by atoms with Gasteiger partial charge in [0, 0.05) is 33.1 Å². The van der Waals surface area contributed by atoms with Gasteiger partial charge in [0.25, 0.3) is 0 Å². The van der Waals surface area contributed by atoms with Crippen molar-refractivity contribution in [1.29, 1.82) is 0 Å². The van der Waals surface area contributed by atoms with Gasteiger partial charge < -0.3 is 52.0 Å². The molecule has 0 spiro atoms. The van der Waals surface area contributed by atoms with E-state index in [1.165, 1.54) is 25.0 Å². The van der Waals surface area contributed by atoms with E-state index in [0.29, 0.717) is 33.4 Å². The topological polar surface area (TPSA) is 210 Å². The Morgan fingerprint density at radius 1 is 0.673 bits per heavy atom. The number of nitrogens with two attached hydrogens (primary N) is 2. The molecule has 2 aliphatic rings. The highest BCUT2D eigenvalue weighted by Gasteiger charge is 2.34. The van der Waals surface area contributed by atoms with Crippen molar-refractivity contribution in [1.82, 2.24) is 10.6 Å². The molecule has 52 heavy (non-hydrogen) atoms. The van der Waals surface area contributed by atoms with Crippen LogP contribution in [0.4, 0.5) is 11.4 Å². The van der Waals surface area contributed by atoms with Crippen LogP contribution in [0.1, 0.15) is 123 Å². The van der Waals surface area contributed by atoms with Gasteiger partial charge in [0.2, 0.25) is 0 Å². The molecular weight excluding hydrogens is 800 g/mol. The highest BCUT2D eigenvalue weighted by atomic mass is 79.9. The number of nitrogens with one attached hydrogen (secondary N) is 2. The number of anilines is 2. The van der Waals surface area contributed by atoms with Crippen LogP contribution in [0.3, 0.4) is 0 Å². The van der Waals surface area contributed by atoms with Gasteiger partial charge in [-0.15, -0.1) is 0 Å². The van der Waals surface area contributed by atoms with E-state index in [2.05, 4.69) is 56.3 Å². The Morgan fingerprint density at radius 2 is 1.02 bits per heavy atom. The Kier molecular flexibility index (Phi) is 15.8. The molecule has 0 aliphatic heterocycles. The highest BCUT2D eigenvalue weighted by molar-refractivity contribution is 9.11. The molecule has 0 unspecified atom stereocenters. The molecule has 2 aromatic carbocycles. The Hall–Kier alpha value is -2.30. The van der Waals surface area contributed by atoms with Gasteiger partial charge in [0.05, 0.1) is 22.5 Å². The van der Waals surface area contributed by atoms with Crippen molar-refractivity contribution in [2.75, 3.05) is 24.7 Å². The molecule has 2 saturated carbocycles. The van der Waals surface area contributed by atoms with Gasteiger partial charge in [-0.3, -0.25) is 0 Å². The maximum absolute atomic E-state index is 13.0. The first-order chi connectivity index (χ1) is 24.7. The van der Waals surface area contributed by atoms with Crippen molar-refractivity contribution in [2.45, 2.75) is 139 Å². The number of halogens is 2. The van der Waals surface area contributed by atoms with Gasteiger partial charge in [-0.25, -0.2) is 9.59 Å². The molecule has 14 heteroatoms. The predicted molar refractivity (Wildman–Crippen MR) is 208 cm³/mol. The average molecular weight is 857 g/mol. The molecule has 0 saturated heterocycles. The van der Waals surface area contributed by atoms with Crippen LogP contribution >= 0.6 is 31.9 Å². The van der Waals surface area contributed by atoms with E-state index >= 15 is 0 Å². The molecule has 12 nitrogen and oxygen atoms in total. The fraction of sp³-hybridized carbons (Fsp3) is 0.632. The number of benzene rings is 2. The molecule has 0 heterocycles. The number of carbonyl (C=O) groups excluding carboxylic acids is 2. The van der Waals surface area contributed by atoms with Gasteiger partial charge in [-0.1, -0.05) is 52.4 Å². The average Bonchev–Trinajstić information content (AvgIpc) is 3.16. The van der Waals surface area contributed by atoms with Crippen molar-refractivity contribution in [2.24, 2.45) is 0 Å². The van der Waals surface area contributed by atoms with Crippen molar-refractivity contribution in [3.63, 3.8) is 0 Å². The van der Waals surface area contributed by atoms with Gasteiger partial charge in [0.15, 0.2) is 0 Å². The first-order valence-corrected chi connectivity index (χ1v) is 20.0. The van der Waals surface area contributed by atoms with Crippen molar-refractivity contribution in [3.05, 3.63) is 55.5 Å². The second-order valence-electron chi connectivity index (χ2n) is 14.5. The van der Waals surface area contributed by atoms with E-state index in [-0.39, 0.29) is 22.2 Å². The lowest BCUT2D eigenvalue weighted by molar-refractivity contribution is -0.125. The van der Waals surface area contributed by atoms with Crippen LogP contribution < -0.4 is 22.1 Å². The van der Waals surface area contributed by atoms with Crippen LogP contribution in [0.2, 0.25) is 0 Å². The molecule has 4 rings (SSSR count). The normalized spacial score (nSPS) is 19.3. The third-order valence-corrected chi connectivity index (χ3v) is 12.4. The summed E-state index contributed by atoms with van der Waals surface area (Å²) in [5.74, 6) is -1.54. The van der Waals surface area contributed by atoms with Crippen molar-refractivity contribution >= 4 is 55.2 Å². The quantitative estimate of drug-likeness (QED) is 0.0760. The summed E-state index contributed by atoms with van der Waals surface area (Å²) < 4.78 is 11.6. The summed E-state index contributed by atoms with van der Waals surface area (Å²) in [5, 5.41) is 49.5. The van der Waals surface area contributed by atoms with Gasteiger partial charge in [-0.05, 0) is 106 Å². The van der Waals surface area contributed by atoms with Crippen LogP contribution in [0.15, 0.2) is 33.2 Å². The van der Waals surface area contributed by atoms with Crippen molar-refractivity contribution in [3.8, 4) is 0 Å². The van der Waals surface area contributed by atoms with Crippen LogP contribution in [0.25, 0.3) is 0 Å². The molecule has 2 aliphatic carbocycles. The third kappa shape index (κ3) is 10.9. The smallest absolute Gasteiger partial charge is 0.338 e. The molecule has 2 aromatic rings. The van der Waals surface area contributed by atoms with Crippen LogP contribution in [0.5, 0.6) is 0 Å². The number of hydrogen-bond donors (Lipinski definition) is 8. The molecule has 0 radical (unpaired) electrons. The number of carbonyl (C=O) groups is 2. The molecule has 4 atom stereocenters. The zero-order valence-corrected chi connectivity index (χ0v) is 33.4. The number of ether oxygens (including phenoxy) is 2. The third-order valence-electron chi connectivity index (χ3n) is 11.1. The SMILES string of the molecule is CCC1(NCc2cc(C(=O)OC[C@@H](O)[C@@H](O)[C@H](O)[C@H](O)COC(=O)c3cc(Br)c(N)c(CNC4(CC)CCCCC4)c3)cc(Br)c2N)CCCCC1. The summed E-state index contributed by atoms with van der Waals surface area (Å²) in [7, 11) is 0. The lowest BCUT2D eigenvalue weighted by atomic mass is 9.79. The summed E-state index contributed by atoms with van der Waals surface area (Å²) in [5.41, 5.74) is 15.5. The predicted octanol–water partition coefficient (Wildman–Crippen LogP) is 5.24. The molecular formula is C38H56Br2N4O8. The van der Waals surface area contributed by atoms with Crippen LogP contribution in [-0.4, -0.2) is 81.1 Å². The Labute approximate surface area is 323 Å². The molecule has 290 valence electrons. The standard InChI is InChI=1S/C38H56Br2N4O8/c1-3-37(11-7-5-8-12-37)43-19-25-15-23(17-27(39)31(25)41)35(49)51-21-29(45)33(47)34(48)30(46)22-52-36(50)24-16-26(32(42)28(40)18-24)20-44-38(4-2)13-9-6-10-14-38/h15-18,29-30,33-34,43-48H,3-14,19-22,41-42H2,1-2H3/t29-,30-,33-,34-/m1/s1. The summed E-state index contributed by atoms with van der Waals surface area (Å²) in [4.78, 5) is 25.9. The number of esters is 2. The van der Waals surface area contributed by atoms with E-state index in [1.807, 2.05) is 0 Å². The second-order valence-corrected chi connectivity index (χ2v) is 16.2. The largest absolute Gasteiger partial charge is 0.459 e. The molecule has 10 N–H and O–H groups in total. The lowest BCUT2D eigenvalue weighted by Crippen LogP contribution is -2.48. The minimum atomic E-state index is -1.92. The molecule has 0 amide bonds. The zero-order chi connectivity index (χ0) is 38.1. The number of aliphatic hydroxyl groups excluding tert-OH is 4. The Balaban J connectivity index is 1.28. The summed E-state index contributed by atoms with van der Waals surface area (Å²) >= 11 is 6.84. The lowest BCUT2D eigenvalue weighted by Gasteiger charge is -2.38. The monoisotopic (exact) mass is 854 g/mol. The summed E-state index contributed by atoms with van der Waals surface area (Å²) in [6.45, 7) is 3.91. The van der Waals surface area contributed by atoms with Crippen LogP contribution in [-0.2, 0) is 22.6 Å². The minimum Gasteiger partial charge on any atom is -0.459 e. The summed E-state index contributed by atoms with van der Waals surface area (Å²) in [6, 6.07) is 6.30.